The SMILES string of the molecule is O=c1[nH]c(O)c(Cc2ccc(OCCOC3CCCC3)cc2)s1. The van der Waals surface area contributed by atoms with E-state index in [1.165, 1.54) is 25.7 Å². The van der Waals surface area contributed by atoms with Gasteiger partial charge in [0.25, 0.3) is 0 Å². The minimum absolute atomic E-state index is 0.0376. The van der Waals surface area contributed by atoms with Gasteiger partial charge in [0.15, 0.2) is 0 Å². The summed E-state index contributed by atoms with van der Waals surface area (Å²) in [6.45, 7) is 1.17. The molecular formula is C17H21NO4S. The maximum Gasteiger partial charge on any atom is 0.307 e. The molecule has 1 aliphatic carbocycles. The molecule has 1 aromatic heterocycles. The van der Waals surface area contributed by atoms with Gasteiger partial charge < -0.3 is 14.6 Å². The second-order valence-electron chi connectivity index (χ2n) is 5.73. The highest BCUT2D eigenvalue weighted by Gasteiger charge is 2.14. The Morgan fingerprint density at radius 2 is 1.91 bits per heavy atom. The van der Waals surface area contributed by atoms with Gasteiger partial charge in [-0.2, -0.15) is 0 Å². The van der Waals surface area contributed by atoms with Crippen molar-refractivity contribution in [1.29, 1.82) is 0 Å². The van der Waals surface area contributed by atoms with Crippen molar-refractivity contribution >= 4 is 11.3 Å². The predicted octanol–water partition coefficient (Wildman–Crippen LogP) is 3.07. The summed E-state index contributed by atoms with van der Waals surface area (Å²) in [7, 11) is 0. The number of benzene rings is 1. The standard InChI is InChI=1S/C17H21NO4S/c19-16-15(23-17(20)18-16)11-12-5-7-14(8-6-12)22-10-9-21-13-3-1-2-4-13/h5-8,13,19H,1-4,9-11H2,(H,18,20). The van der Waals surface area contributed by atoms with Crippen LogP contribution in [-0.2, 0) is 11.2 Å². The summed E-state index contributed by atoms with van der Waals surface area (Å²) in [6, 6.07) is 7.68. The van der Waals surface area contributed by atoms with Crippen molar-refractivity contribution in [2.24, 2.45) is 0 Å². The number of hydrogen-bond donors (Lipinski definition) is 2. The number of nitrogens with one attached hydrogen (secondary N) is 1. The summed E-state index contributed by atoms with van der Waals surface area (Å²) in [6.07, 6.45) is 5.85. The number of rotatable bonds is 7. The summed E-state index contributed by atoms with van der Waals surface area (Å²) >= 11 is 1.03. The van der Waals surface area contributed by atoms with Crippen molar-refractivity contribution in [2.45, 2.75) is 38.2 Å². The number of aromatic amines is 1. The number of ether oxygens (including phenoxy) is 2. The maximum atomic E-state index is 11.2. The van der Waals surface area contributed by atoms with E-state index in [1.807, 2.05) is 24.3 Å². The molecule has 0 amide bonds. The lowest BCUT2D eigenvalue weighted by Crippen LogP contribution is -2.13. The highest BCUT2D eigenvalue weighted by molar-refractivity contribution is 7.09. The van der Waals surface area contributed by atoms with Crippen LogP contribution < -0.4 is 9.61 Å². The maximum absolute atomic E-state index is 11.2. The molecule has 6 heteroatoms. The highest BCUT2D eigenvalue weighted by atomic mass is 32.1. The average molecular weight is 335 g/mol. The zero-order valence-electron chi connectivity index (χ0n) is 12.9. The first-order valence-corrected chi connectivity index (χ1v) is 8.76. The lowest BCUT2D eigenvalue weighted by atomic mass is 10.1. The van der Waals surface area contributed by atoms with Crippen LogP contribution in [0.2, 0.25) is 0 Å². The van der Waals surface area contributed by atoms with Crippen LogP contribution in [-0.4, -0.2) is 29.4 Å². The molecule has 0 bridgehead atoms. The molecule has 5 nitrogen and oxygen atoms in total. The van der Waals surface area contributed by atoms with Crippen LogP contribution in [0.25, 0.3) is 0 Å². The molecule has 0 spiro atoms. The molecule has 0 unspecified atom stereocenters. The van der Waals surface area contributed by atoms with Crippen molar-refractivity contribution in [3.63, 3.8) is 0 Å². The quantitative estimate of drug-likeness (QED) is 0.763. The third-order valence-corrected chi connectivity index (χ3v) is 4.87. The van der Waals surface area contributed by atoms with E-state index in [1.54, 1.807) is 0 Å². The third kappa shape index (κ3) is 4.59. The smallest absolute Gasteiger partial charge is 0.307 e. The summed E-state index contributed by atoms with van der Waals surface area (Å²) in [5, 5.41) is 9.60. The molecule has 124 valence electrons. The summed E-state index contributed by atoms with van der Waals surface area (Å²) in [4.78, 5) is 14.0. The average Bonchev–Trinajstić information content (AvgIpc) is 3.15. The Hall–Kier alpha value is -1.79. The Morgan fingerprint density at radius 3 is 2.57 bits per heavy atom. The molecule has 2 N–H and O–H groups in total. The molecule has 0 radical (unpaired) electrons. The Morgan fingerprint density at radius 1 is 1.17 bits per heavy atom. The van der Waals surface area contributed by atoms with Crippen molar-refractivity contribution < 1.29 is 14.6 Å². The van der Waals surface area contributed by atoms with E-state index >= 15 is 0 Å². The fourth-order valence-electron chi connectivity index (χ4n) is 2.79. The van der Waals surface area contributed by atoms with E-state index in [4.69, 9.17) is 9.47 Å². The van der Waals surface area contributed by atoms with Gasteiger partial charge in [-0.3, -0.25) is 9.78 Å². The van der Waals surface area contributed by atoms with Crippen LogP contribution in [0.5, 0.6) is 11.6 Å². The van der Waals surface area contributed by atoms with Gasteiger partial charge in [0.05, 0.1) is 17.6 Å². The Labute approximate surface area is 138 Å². The monoisotopic (exact) mass is 335 g/mol. The first-order valence-electron chi connectivity index (χ1n) is 7.95. The lowest BCUT2D eigenvalue weighted by molar-refractivity contribution is 0.0382. The molecule has 3 rings (SSSR count). The van der Waals surface area contributed by atoms with Gasteiger partial charge in [-0.05, 0) is 30.5 Å². The largest absolute Gasteiger partial charge is 0.494 e. The first-order chi connectivity index (χ1) is 11.2. The van der Waals surface area contributed by atoms with Gasteiger partial charge in [0, 0.05) is 6.42 Å². The molecule has 23 heavy (non-hydrogen) atoms. The molecule has 1 aliphatic rings. The van der Waals surface area contributed by atoms with Crippen molar-refractivity contribution in [2.75, 3.05) is 13.2 Å². The van der Waals surface area contributed by atoms with E-state index in [0.29, 0.717) is 30.6 Å². The van der Waals surface area contributed by atoms with Gasteiger partial charge >= 0.3 is 4.87 Å². The summed E-state index contributed by atoms with van der Waals surface area (Å²) in [5.41, 5.74) is 1.02. The molecule has 1 aromatic carbocycles. The minimum atomic E-state index is -0.236. The number of aromatic hydroxyl groups is 1. The van der Waals surface area contributed by atoms with Gasteiger partial charge in [-0.15, -0.1) is 0 Å². The molecule has 1 saturated carbocycles. The lowest BCUT2D eigenvalue weighted by Gasteiger charge is -2.12. The van der Waals surface area contributed by atoms with Crippen molar-refractivity contribution in [3.8, 4) is 11.6 Å². The van der Waals surface area contributed by atoms with Crippen LogP contribution >= 0.6 is 11.3 Å². The zero-order chi connectivity index (χ0) is 16.1. The fraction of sp³-hybridized carbons (Fsp3) is 0.471. The molecule has 0 aliphatic heterocycles. The second kappa shape index (κ2) is 7.66. The number of aromatic nitrogens is 1. The molecular weight excluding hydrogens is 314 g/mol. The van der Waals surface area contributed by atoms with Crippen LogP contribution in [0.1, 0.15) is 36.1 Å². The normalized spacial score (nSPS) is 15.1. The summed E-state index contributed by atoms with van der Waals surface area (Å²) in [5.74, 6) is 0.764. The van der Waals surface area contributed by atoms with Crippen LogP contribution in [0.3, 0.4) is 0 Å². The molecule has 2 aromatic rings. The predicted molar refractivity (Wildman–Crippen MR) is 89.6 cm³/mol. The molecule has 0 saturated heterocycles. The minimum Gasteiger partial charge on any atom is -0.494 e. The van der Waals surface area contributed by atoms with Crippen molar-refractivity contribution in [1.82, 2.24) is 4.98 Å². The van der Waals surface area contributed by atoms with E-state index in [0.717, 1.165) is 22.6 Å². The molecule has 1 fully saturated rings. The Bertz CT molecular complexity index is 671. The number of hydrogen-bond acceptors (Lipinski definition) is 5. The summed E-state index contributed by atoms with van der Waals surface area (Å²) < 4.78 is 11.4. The topological polar surface area (TPSA) is 71.6 Å². The number of thiazole rings is 1. The van der Waals surface area contributed by atoms with E-state index in [9.17, 15) is 9.90 Å². The van der Waals surface area contributed by atoms with Crippen LogP contribution in [0.15, 0.2) is 29.1 Å². The van der Waals surface area contributed by atoms with Gasteiger partial charge in [-0.1, -0.05) is 36.3 Å². The van der Waals surface area contributed by atoms with Gasteiger partial charge in [-0.25, -0.2) is 0 Å². The van der Waals surface area contributed by atoms with E-state index < -0.39 is 0 Å². The zero-order valence-corrected chi connectivity index (χ0v) is 13.7. The number of H-pyrrole nitrogens is 1. The Balaban J connectivity index is 1.45. The van der Waals surface area contributed by atoms with Gasteiger partial charge in [0.1, 0.15) is 12.4 Å². The van der Waals surface area contributed by atoms with Crippen molar-refractivity contribution in [3.05, 3.63) is 44.4 Å². The van der Waals surface area contributed by atoms with Crippen LogP contribution in [0.4, 0.5) is 0 Å². The van der Waals surface area contributed by atoms with Gasteiger partial charge in [0.2, 0.25) is 5.88 Å². The Kier molecular flexibility index (Phi) is 5.35. The van der Waals surface area contributed by atoms with E-state index in [2.05, 4.69) is 4.98 Å². The third-order valence-electron chi connectivity index (χ3n) is 4.00. The second-order valence-corrected chi connectivity index (χ2v) is 6.80. The molecule has 1 heterocycles. The molecule has 0 atom stereocenters. The highest BCUT2D eigenvalue weighted by Crippen LogP contribution is 2.22. The van der Waals surface area contributed by atoms with E-state index in [-0.39, 0.29) is 10.8 Å². The first kappa shape index (κ1) is 16.1. The van der Waals surface area contributed by atoms with Crippen LogP contribution in [0, 0.1) is 0 Å². The fourth-order valence-corrected chi connectivity index (χ4v) is 3.55.